The first-order valence-electron chi connectivity index (χ1n) is 7.77. The molecule has 1 atom stereocenters. The molecule has 4 heteroatoms. The molecule has 0 spiro atoms. The van der Waals surface area contributed by atoms with Crippen LogP contribution in [-0.4, -0.2) is 16.5 Å². The number of anilines is 1. The van der Waals surface area contributed by atoms with Crippen LogP contribution >= 0.6 is 11.6 Å². The van der Waals surface area contributed by atoms with Crippen LogP contribution in [0.3, 0.4) is 0 Å². The van der Waals surface area contributed by atoms with E-state index in [1.54, 1.807) is 0 Å². The average Bonchev–Trinajstić information content (AvgIpc) is 2.42. The van der Waals surface area contributed by atoms with Gasteiger partial charge in [-0.1, -0.05) is 58.6 Å². The quantitative estimate of drug-likeness (QED) is 0.671. The molecule has 114 valence electrons. The van der Waals surface area contributed by atoms with Gasteiger partial charge in [-0.3, -0.25) is 0 Å². The standard InChI is InChI=1S/C16H28ClN3/c1-6-8-9-13(7-2)10-18-16-12(5)14(17)19-15(20-16)11(3)4/h11,13H,6-10H2,1-5H3,(H,18,19,20). The van der Waals surface area contributed by atoms with Crippen LogP contribution in [0.2, 0.25) is 5.15 Å². The minimum atomic E-state index is 0.288. The minimum absolute atomic E-state index is 0.288. The van der Waals surface area contributed by atoms with E-state index < -0.39 is 0 Å². The second-order valence-corrected chi connectivity index (χ2v) is 6.16. The molecule has 0 aliphatic heterocycles. The Bertz CT molecular complexity index is 418. The zero-order chi connectivity index (χ0) is 15.1. The predicted octanol–water partition coefficient (Wildman–Crippen LogP) is 5.19. The Balaban J connectivity index is 2.75. The van der Waals surface area contributed by atoms with Crippen LogP contribution in [0.1, 0.15) is 70.7 Å². The lowest BCUT2D eigenvalue weighted by Gasteiger charge is -2.18. The molecule has 0 saturated heterocycles. The third kappa shape index (κ3) is 4.93. The van der Waals surface area contributed by atoms with Gasteiger partial charge in [0.2, 0.25) is 0 Å². The van der Waals surface area contributed by atoms with E-state index in [0.717, 1.165) is 23.8 Å². The monoisotopic (exact) mass is 297 g/mol. The van der Waals surface area contributed by atoms with Gasteiger partial charge >= 0.3 is 0 Å². The number of unbranched alkanes of at least 4 members (excludes halogenated alkanes) is 1. The zero-order valence-electron chi connectivity index (χ0n) is 13.5. The number of nitrogens with one attached hydrogen (secondary N) is 1. The first-order chi connectivity index (χ1) is 9.49. The summed E-state index contributed by atoms with van der Waals surface area (Å²) in [4.78, 5) is 8.96. The van der Waals surface area contributed by atoms with Crippen molar-refractivity contribution in [1.82, 2.24) is 9.97 Å². The normalized spacial score (nSPS) is 12.8. The fourth-order valence-electron chi connectivity index (χ4n) is 2.12. The summed E-state index contributed by atoms with van der Waals surface area (Å²) in [5.74, 6) is 2.69. The summed E-state index contributed by atoms with van der Waals surface area (Å²) >= 11 is 6.20. The van der Waals surface area contributed by atoms with Crippen molar-refractivity contribution < 1.29 is 0 Å². The van der Waals surface area contributed by atoms with Crippen molar-refractivity contribution in [1.29, 1.82) is 0 Å². The number of hydrogen-bond acceptors (Lipinski definition) is 3. The Labute approximate surface area is 128 Å². The van der Waals surface area contributed by atoms with Gasteiger partial charge in [0.25, 0.3) is 0 Å². The molecule has 0 saturated carbocycles. The van der Waals surface area contributed by atoms with E-state index in [-0.39, 0.29) is 5.92 Å². The molecule has 0 aliphatic carbocycles. The molecule has 0 fully saturated rings. The molecule has 1 aromatic heterocycles. The summed E-state index contributed by atoms with van der Waals surface area (Å²) < 4.78 is 0. The van der Waals surface area contributed by atoms with Crippen LogP contribution in [0.15, 0.2) is 0 Å². The Morgan fingerprint density at radius 3 is 2.45 bits per heavy atom. The van der Waals surface area contributed by atoms with Gasteiger partial charge in [-0.05, 0) is 19.3 Å². The van der Waals surface area contributed by atoms with Crippen molar-refractivity contribution in [2.24, 2.45) is 5.92 Å². The van der Waals surface area contributed by atoms with E-state index in [0.29, 0.717) is 11.1 Å². The molecule has 1 aromatic rings. The van der Waals surface area contributed by atoms with Crippen molar-refractivity contribution in [3.8, 4) is 0 Å². The Kier molecular flexibility index (Phi) is 7.28. The lowest BCUT2D eigenvalue weighted by molar-refractivity contribution is 0.472. The maximum atomic E-state index is 6.20. The van der Waals surface area contributed by atoms with E-state index in [2.05, 4.69) is 43.0 Å². The molecule has 1 N–H and O–H groups in total. The molecule has 1 rings (SSSR count). The average molecular weight is 298 g/mol. The van der Waals surface area contributed by atoms with Crippen LogP contribution in [0.25, 0.3) is 0 Å². The topological polar surface area (TPSA) is 37.8 Å². The maximum absolute atomic E-state index is 6.20. The van der Waals surface area contributed by atoms with Crippen molar-refractivity contribution in [3.05, 3.63) is 16.5 Å². The number of rotatable bonds is 8. The fraction of sp³-hybridized carbons (Fsp3) is 0.750. The van der Waals surface area contributed by atoms with Crippen molar-refractivity contribution in [2.75, 3.05) is 11.9 Å². The van der Waals surface area contributed by atoms with E-state index in [4.69, 9.17) is 11.6 Å². The van der Waals surface area contributed by atoms with Gasteiger partial charge in [-0.25, -0.2) is 9.97 Å². The molecule has 0 radical (unpaired) electrons. The van der Waals surface area contributed by atoms with Crippen LogP contribution in [0, 0.1) is 12.8 Å². The molecule has 20 heavy (non-hydrogen) atoms. The predicted molar refractivity (Wildman–Crippen MR) is 87.7 cm³/mol. The van der Waals surface area contributed by atoms with Gasteiger partial charge in [0, 0.05) is 18.0 Å². The lowest BCUT2D eigenvalue weighted by Crippen LogP contribution is -2.16. The Morgan fingerprint density at radius 1 is 1.20 bits per heavy atom. The number of nitrogens with zero attached hydrogens (tertiary/aromatic N) is 2. The Hall–Kier alpha value is -0.830. The van der Waals surface area contributed by atoms with Crippen LogP contribution in [0.5, 0.6) is 0 Å². The third-order valence-corrected chi connectivity index (χ3v) is 4.09. The summed E-state index contributed by atoms with van der Waals surface area (Å²) in [7, 11) is 0. The molecule has 3 nitrogen and oxygen atoms in total. The molecule has 0 bridgehead atoms. The van der Waals surface area contributed by atoms with Crippen LogP contribution in [-0.2, 0) is 0 Å². The van der Waals surface area contributed by atoms with Gasteiger partial charge in [-0.2, -0.15) is 0 Å². The molecule has 1 heterocycles. The van der Waals surface area contributed by atoms with E-state index in [1.807, 2.05) is 6.92 Å². The van der Waals surface area contributed by atoms with Gasteiger partial charge in [0.1, 0.15) is 16.8 Å². The zero-order valence-corrected chi connectivity index (χ0v) is 14.2. The third-order valence-electron chi connectivity index (χ3n) is 3.72. The van der Waals surface area contributed by atoms with Crippen molar-refractivity contribution in [2.45, 2.75) is 66.2 Å². The molecular weight excluding hydrogens is 270 g/mol. The van der Waals surface area contributed by atoms with Gasteiger partial charge in [0.15, 0.2) is 0 Å². The summed E-state index contributed by atoms with van der Waals surface area (Å²) in [5, 5.41) is 4.04. The highest BCUT2D eigenvalue weighted by molar-refractivity contribution is 6.30. The highest BCUT2D eigenvalue weighted by Gasteiger charge is 2.13. The number of aromatic nitrogens is 2. The second-order valence-electron chi connectivity index (χ2n) is 5.80. The summed E-state index contributed by atoms with van der Waals surface area (Å²) in [5.41, 5.74) is 0.946. The summed E-state index contributed by atoms with van der Waals surface area (Å²) in [6, 6.07) is 0. The first-order valence-corrected chi connectivity index (χ1v) is 8.15. The highest BCUT2D eigenvalue weighted by Crippen LogP contribution is 2.23. The maximum Gasteiger partial charge on any atom is 0.137 e. The first kappa shape index (κ1) is 17.2. The number of halogens is 1. The molecule has 1 unspecified atom stereocenters. The van der Waals surface area contributed by atoms with E-state index in [9.17, 15) is 0 Å². The van der Waals surface area contributed by atoms with Gasteiger partial charge < -0.3 is 5.32 Å². The molecule has 0 aromatic carbocycles. The molecule has 0 amide bonds. The second kappa shape index (κ2) is 8.46. The lowest BCUT2D eigenvalue weighted by atomic mass is 9.99. The van der Waals surface area contributed by atoms with Crippen molar-refractivity contribution >= 4 is 17.4 Å². The Morgan fingerprint density at radius 2 is 1.90 bits per heavy atom. The molecule has 0 aliphatic rings. The molecular formula is C16H28ClN3. The van der Waals surface area contributed by atoms with E-state index >= 15 is 0 Å². The minimum Gasteiger partial charge on any atom is -0.369 e. The number of hydrogen-bond donors (Lipinski definition) is 1. The van der Waals surface area contributed by atoms with E-state index in [1.165, 1.54) is 25.7 Å². The SMILES string of the molecule is CCCCC(CC)CNc1nc(C(C)C)nc(Cl)c1C. The van der Waals surface area contributed by atoms with Crippen molar-refractivity contribution in [3.63, 3.8) is 0 Å². The van der Waals surface area contributed by atoms with Gasteiger partial charge in [-0.15, -0.1) is 0 Å². The van der Waals surface area contributed by atoms with Crippen LogP contribution in [0.4, 0.5) is 5.82 Å². The highest BCUT2D eigenvalue weighted by atomic mass is 35.5. The summed E-state index contributed by atoms with van der Waals surface area (Å²) in [6.45, 7) is 11.6. The largest absolute Gasteiger partial charge is 0.369 e. The van der Waals surface area contributed by atoms with Crippen LogP contribution < -0.4 is 5.32 Å². The smallest absolute Gasteiger partial charge is 0.137 e. The van der Waals surface area contributed by atoms with Gasteiger partial charge in [0.05, 0.1) is 0 Å². The fourth-order valence-corrected chi connectivity index (χ4v) is 2.30. The summed E-state index contributed by atoms with van der Waals surface area (Å²) in [6.07, 6.45) is 5.02.